The van der Waals surface area contributed by atoms with E-state index in [0.717, 1.165) is 18.4 Å². The van der Waals surface area contributed by atoms with Crippen LogP contribution in [0, 0.1) is 5.92 Å². The molecule has 1 nitrogen and oxygen atoms in total. The molecular formula is C11H17NS. The van der Waals surface area contributed by atoms with Gasteiger partial charge in [0.15, 0.2) is 0 Å². The molecule has 1 N–H and O–H groups in total. The van der Waals surface area contributed by atoms with Gasteiger partial charge in [-0.3, -0.25) is 0 Å². The van der Waals surface area contributed by atoms with Gasteiger partial charge < -0.3 is 5.32 Å². The van der Waals surface area contributed by atoms with Crippen LogP contribution >= 0.6 is 11.3 Å². The second-order valence-corrected chi connectivity index (χ2v) is 4.59. The summed E-state index contributed by atoms with van der Waals surface area (Å²) in [6.07, 6.45) is 2.81. The molecule has 1 aromatic heterocycles. The SMILES string of the molecule is CCNCC1CCC1c1ccsc1. The highest BCUT2D eigenvalue weighted by atomic mass is 32.1. The standard InChI is InChI=1S/C11H17NS/c1-2-12-7-9-3-4-11(9)10-5-6-13-8-10/h5-6,8-9,11-12H,2-4,7H2,1H3. The predicted molar refractivity (Wildman–Crippen MR) is 58.3 cm³/mol. The monoisotopic (exact) mass is 195 g/mol. The minimum Gasteiger partial charge on any atom is -0.317 e. The van der Waals surface area contributed by atoms with Gasteiger partial charge in [-0.2, -0.15) is 11.3 Å². The van der Waals surface area contributed by atoms with E-state index in [1.54, 1.807) is 5.56 Å². The quantitative estimate of drug-likeness (QED) is 0.779. The van der Waals surface area contributed by atoms with Gasteiger partial charge in [0.1, 0.15) is 0 Å². The van der Waals surface area contributed by atoms with Crippen molar-refractivity contribution in [2.45, 2.75) is 25.7 Å². The van der Waals surface area contributed by atoms with Crippen molar-refractivity contribution < 1.29 is 0 Å². The highest BCUT2D eigenvalue weighted by molar-refractivity contribution is 7.07. The predicted octanol–water partition coefficient (Wildman–Crippen LogP) is 2.85. The van der Waals surface area contributed by atoms with E-state index in [1.807, 2.05) is 11.3 Å². The zero-order chi connectivity index (χ0) is 9.10. The molecule has 0 amide bonds. The Kier molecular flexibility index (Phi) is 3.01. The molecule has 13 heavy (non-hydrogen) atoms. The Morgan fingerprint density at radius 1 is 1.54 bits per heavy atom. The fourth-order valence-electron chi connectivity index (χ4n) is 2.07. The van der Waals surface area contributed by atoms with Crippen LogP contribution in [0.2, 0.25) is 0 Å². The van der Waals surface area contributed by atoms with E-state index in [2.05, 4.69) is 29.1 Å². The largest absolute Gasteiger partial charge is 0.317 e. The maximum absolute atomic E-state index is 3.45. The lowest BCUT2D eigenvalue weighted by Crippen LogP contribution is -2.33. The van der Waals surface area contributed by atoms with Crippen molar-refractivity contribution in [3.8, 4) is 0 Å². The third kappa shape index (κ3) is 1.94. The zero-order valence-corrected chi connectivity index (χ0v) is 8.94. The van der Waals surface area contributed by atoms with Crippen LogP contribution in [0.25, 0.3) is 0 Å². The first kappa shape index (κ1) is 9.22. The average molecular weight is 195 g/mol. The van der Waals surface area contributed by atoms with E-state index in [9.17, 15) is 0 Å². The molecule has 2 atom stereocenters. The second kappa shape index (κ2) is 4.25. The van der Waals surface area contributed by atoms with Gasteiger partial charge in [-0.1, -0.05) is 6.92 Å². The van der Waals surface area contributed by atoms with E-state index < -0.39 is 0 Å². The molecule has 72 valence electrons. The van der Waals surface area contributed by atoms with E-state index >= 15 is 0 Å². The van der Waals surface area contributed by atoms with Crippen LogP contribution in [0.1, 0.15) is 31.2 Å². The van der Waals surface area contributed by atoms with E-state index in [0.29, 0.717) is 0 Å². The van der Waals surface area contributed by atoms with E-state index in [1.165, 1.54) is 19.4 Å². The van der Waals surface area contributed by atoms with Crippen molar-refractivity contribution in [3.05, 3.63) is 22.4 Å². The first-order valence-electron chi connectivity index (χ1n) is 5.14. The molecule has 1 saturated carbocycles. The molecule has 0 spiro atoms. The number of rotatable bonds is 4. The number of hydrogen-bond acceptors (Lipinski definition) is 2. The number of thiophene rings is 1. The molecule has 0 aromatic carbocycles. The summed E-state index contributed by atoms with van der Waals surface area (Å²) in [5, 5.41) is 7.95. The summed E-state index contributed by atoms with van der Waals surface area (Å²) in [7, 11) is 0. The van der Waals surface area contributed by atoms with Gasteiger partial charge in [0.2, 0.25) is 0 Å². The average Bonchev–Trinajstić information content (AvgIpc) is 2.56. The smallest absolute Gasteiger partial charge is 0.00148 e. The topological polar surface area (TPSA) is 12.0 Å². The summed E-state index contributed by atoms with van der Waals surface area (Å²) in [5.41, 5.74) is 1.57. The third-order valence-electron chi connectivity index (χ3n) is 3.05. The zero-order valence-electron chi connectivity index (χ0n) is 8.12. The molecule has 1 aliphatic carbocycles. The maximum atomic E-state index is 3.45. The summed E-state index contributed by atoms with van der Waals surface area (Å²) >= 11 is 1.82. The van der Waals surface area contributed by atoms with Gasteiger partial charge in [0, 0.05) is 0 Å². The molecule has 0 bridgehead atoms. The summed E-state index contributed by atoms with van der Waals surface area (Å²) in [5.74, 6) is 1.75. The van der Waals surface area contributed by atoms with Gasteiger partial charge in [-0.25, -0.2) is 0 Å². The Morgan fingerprint density at radius 2 is 2.46 bits per heavy atom. The fraction of sp³-hybridized carbons (Fsp3) is 0.636. The molecule has 0 aliphatic heterocycles. The van der Waals surface area contributed by atoms with Crippen LogP contribution in [0.5, 0.6) is 0 Å². The van der Waals surface area contributed by atoms with Crippen LogP contribution in [0.4, 0.5) is 0 Å². The van der Waals surface area contributed by atoms with Crippen molar-refractivity contribution in [2.24, 2.45) is 5.92 Å². The van der Waals surface area contributed by atoms with Crippen LogP contribution in [-0.4, -0.2) is 13.1 Å². The van der Waals surface area contributed by atoms with E-state index in [-0.39, 0.29) is 0 Å². The second-order valence-electron chi connectivity index (χ2n) is 3.81. The van der Waals surface area contributed by atoms with Crippen LogP contribution in [0.3, 0.4) is 0 Å². The Labute approximate surface area is 84.2 Å². The van der Waals surface area contributed by atoms with Gasteiger partial charge in [-0.15, -0.1) is 0 Å². The third-order valence-corrected chi connectivity index (χ3v) is 3.75. The molecule has 2 heteroatoms. The first-order valence-corrected chi connectivity index (χ1v) is 6.09. The van der Waals surface area contributed by atoms with Crippen molar-refractivity contribution in [1.82, 2.24) is 5.32 Å². The van der Waals surface area contributed by atoms with Crippen molar-refractivity contribution in [2.75, 3.05) is 13.1 Å². The molecule has 0 saturated heterocycles. The molecule has 1 aliphatic rings. The summed E-state index contributed by atoms with van der Waals surface area (Å²) in [4.78, 5) is 0. The van der Waals surface area contributed by atoms with E-state index in [4.69, 9.17) is 0 Å². The molecule has 1 heterocycles. The van der Waals surface area contributed by atoms with Crippen LogP contribution in [-0.2, 0) is 0 Å². The molecule has 0 radical (unpaired) electrons. The van der Waals surface area contributed by atoms with Crippen molar-refractivity contribution in [1.29, 1.82) is 0 Å². The lowest BCUT2D eigenvalue weighted by Gasteiger charge is -2.36. The van der Waals surface area contributed by atoms with Gasteiger partial charge in [-0.05, 0) is 60.2 Å². The molecular weight excluding hydrogens is 178 g/mol. The lowest BCUT2D eigenvalue weighted by atomic mass is 9.71. The van der Waals surface area contributed by atoms with Crippen molar-refractivity contribution >= 4 is 11.3 Å². The van der Waals surface area contributed by atoms with Crippen LogP contribution < -0.4 is 5.32 Å². The van der Waals surface area contributed by atoms with Gasteiger partial charge in [0.25, 0.3) is 0 Å². The Morgan fingerprint density at radius 3 is 3.00 bits per heavy atom. The maximum Gasteiger partial charge on any atom is -0.00148 e. The number of hydrogen-bond donors (Lipinski definition) is 1. The van der Waals surface area contributed by atoms with Crippen molar-refractivity contribution in [3.63, 3.8) is 0 Å². The first-order chi connectivity index (χ1) is 6.42. The minimum absolute atomic E-state index is 0.852. The Bertz CT molecular complexity index is 243. The molecule has 1 fully saturated rings. The minimum atomic E-state index is 0.852. The Hall–Kier alpha value is -0.340. The normalized spacial score (nSPS) is 27.2. The summed E-state index contributed by atoms with van der Waals surface area (Å²) in [6.45, 7) is 4.49. The van der Waals surface area contributed by atoms with Gasteiger partial charge >= 0.3 is 0 Å². The molecule has 1 aromatic rings. The number of nitrogens with one attached hydrogen (secondary N) is 1. The molecule has 2 rings (SSSR count). The van der Waals surface area contributed by atoms with Gasteiger partial charge in [0.05, 0.1) is 0 Å². The Balaban J connectivity index is 1.88. The highest BCUT2D eigenvalue weighted by Crippen LogP contribution is 2.42. The highest BCUT2D eigenvalue weighted by Gasteiger charge is 2.31. The fourth-order valence-corrected chi connectivity index (χ4v) is 2.79. The molecule has 2 unspecified atom stereocenters. The lowest BCUT2D eigenvalue weighted by molar-refractivity contribution is 0.248. The van der Waals surface area contributed by atoms with Crippen LogP contribution in [0.15, 0.2) is 16.8 Å². The summed E-state index contributed by atoms with van der Waals surface area (Å²) in [6, 6.07) is 2.29. The summed E-state index contributed by atoms with van der Waals surface area (Å²) < 4.78 is 0.